The SMILES string of the molecule is COc1cccc(NC(=O)CSc2nc(CC(=O)Nc3ccc(C)cc3C)cs2)c1. The number of methoxy groups -OCH3 is 1. The molecule has 0 unspecified atom stereocenters. The Bertz CT molecular complexity index is 1050. The van der Waals surface area contributed by atoms with Gasteiger partial charge in [-0.15, -0.1) is 11.3 Å². The van der Waals surface area contributed by atoms with E-state index in [1.54, 1.807) is 19.2 Å². The number of ether oxygens (including phenoxy) is 1. The number of hydrogen-bond acceptors (Lipinski definition) is 6. The number of aryl methyl sites for hydroxylation is 2. The molecule has 30 heavy (non-hydrogen) atoms. The smallest absolute Gasteiger partial charge is 0.234 e. The van der Waals surface area contributed by atoms with Gasteiger partial charge in [-0.05, 0) is 37.6 Å². The predicted molar refractivity (Wildman–Crippen MR) is 123 cm³/mol. The fourth-order valence-electron chi connectivity index (χ4n) is 2.77. The van der Waals surface area contributed by atoms with Crippen LogP contribution in [-0.2, 0) is 16.0 Å². The van der Waals surface area contributed by atoms with Gasteiger partial charge in [0.2, 0.25) is 11.8 Å². The number of aromatic nitrogens is 1. The highest BCUT2D eigenvalue weighted by atomic mass is 32.2. The van der Waals surface area contributed by atoms with Gasteiger partial charge in [0.05, 0.1) is 25.0 Å². The second-order valence-electron chi connectivity index (χ2n) is 6.72. The van der Waals surface area contributed by atoms with Gasteiger partial charge < -0.3 is 15.4 Å². The second-order valence-corrected chi connectivity index (χ2v) is 8.80. The number of hydrogen-bond donors (Lipinski definition) is 2. The van der Waals surface area contributed by atoms with Crippen molar-refractivity contribution in [1.82, 2.24) is 4.98 Å². The van der Waals surface area contributed by atoms with E-state index in [4.69, 9.17) is 4.74 Å². The molecule has 0 fully saturated rings. The second kappa shape index (κ2) is 10.3. The molecular weight excluding hydrogens is 418 g/mol. The Hall–Kier alpha value is -2.84. The topological polar surface area (TPSA) is 80.3 Å². The van der Waals surface area contributed by atoms with E-state index in [9.17, 15) is 9.59 Å². The van der Waals surface area contributed by atoms with Crippen LogP contribution in [0.25, 0.3) is 0 Å². The number of thioether (sulfide) groups is 1. The number of nitrogens with one attached hydrogen (secondary N) is 2. The van der Waals surface area contributed by atoms with Crippen LogP contribution in [0.5, 0.6) is 5.75 Å². The number of anilines is 2. The summed E-state index contributed by atoms with van der Waals surface area (Å²) in [5.74, 6) is 0.681. The summed E-state index contributed by atoms with van der Waals surface area (Å²) in [6, 6.07) is 13.1. The van der Waals surface area contributed by atoms with Gasteiger partial charge in [0, 0.05) is 22.8 Å². The molecule has 0 spiro atoms. The van der Waals surface area contributed by atoms with Crippen LogP contribution in [-0.4, -0.2) is 29.7 Å². The van der Waals surface area contributed by atoms with E-state index >= 15 is 0 Å². The van der Waals surface area contributed by atoms with Crippen LogP contribution in [0.1, 0.15) is 16.8 Å². The molecule has 0 atom stereocenters. The molecule has 8 heteroatoms. The molecule has 2 amide bonds. The van der Waals surface area contributed by atoms with Crippen molar-refractivity contribution in [2.45, 2.75) is 24.6 Å². The first-order valence-electron chi connectivity index (χ1n) is 9.31. The van der Waals surface area contributed by atoms with Crippen molar-refractivity contribution in [1.29, 1.82) is 0 Å². The molecule has 156 valence electrons. The maximum absolute atomic E-state index is 12.3. The van der Waals surface area contributed by atoms with Crippen LogP contribution in [0.2, 0.25) is 0 Å². The summed E-state index contributed by atoms with van der Waals surface area (Å²) in [6.45, 7) is 3.99. The van der Waals surface area contributed by atoms with Gasteiger partial charge in [-0.2, -0.15) is 0 Å². The highest BCUT2D eigenvalue weighted by Gasteiger charge is 2.11. The van der Waals surface area contributed by atoms with E-state index in [0.717, 1.165) is 21.2 Å². The van der Waals surface area contributed by atoms with E-state index in [2.05, 4.69) is 15.6 Å². The van der Waals surface area contributed by atoms with Crippen LogP contribution in [0.3, 0.4) is 0 Å². The van der Waals surface area contributed by atoms with Gasteiger partial charge in [-0.25, -0.2) is 4.98 Å². The quantitative estimate of drug-likeness (QED) is 0.496. The van der Waals surface area contributed by atoms with Gasteiger partial charge in [-0.3, -0.25) is 9.59 Å². The zero-order valence-electron chi connectivity index (χ0n) is 17.0. The molecule has 0 radical (unpaired) electrons. The number of carbonyl (C=O) groups is 2. The maximum atomic E-state index is 12.3. The van der Waals surface area contributed by atoms with Gasteiger partial charge in [0.15, 0.2) is 4.34 Å². The van der Waals surface area contributed by atoms with Crippen molar-refractivity contribution in [3.8, 4) is 5.75 Å². The minimum absolute atomic E-state index is 0.112. The molecule has 1 aromatic heterocycles. The summed E-state index contributed by atoms with van der Waals surface area (Å²) < 4.78 is 5.91. The van der Waals surface area contributed by atoms with Gasteiger partial charge >= 0.3 is 0 Å². The molecule has 3 rings (SSSR count). The first kappa shape index (κ1) is 21.9. The number of nitrogens with zero attached hydrogens (tertiary/aromatic N) is 1. The Morgan fingerprint density at radius 3 is 2.70 bits per heavy atom. The lowest BCUT2D eigenvalue weighted by molar-refractivity contribution is -0.116. The molecule has 6 nitrogen and oxygen atoms in total. The third-order valence-corrected chi connectivity index (χ3v) is 6.28. The number of carbonyl (C=O) groups excluding carboxylic acids is 2. The summed E-state index contributed by atoms with van der Waals surface area (Å²) in [6.07, 6.45) is 0.195. The molecule has 0 saturated heterocycles. The molecule has 0 aliphatic heterocycles. The third kappa shape index (κ3) is 6.33. The summed E-state index contributed by atoms with van der Waals surface area (Å²) >= 11 is 2.78. The molecule has 0 bridgehead atoms. The molecule has 0 saturated carbocycles. The molecule has 2 N–H and O–H groups in total. The minimum atomic E-state index is -0.127. The van der Waals surface area contributed by atoms with E-state index in [1.165, 1.54) is 23.1 Å². The van der Waals surface area contributed by atoms with Crippen LogP contribution < -0.4 is 15.4 Å². The third-order valence-electron chi connectivity index (χ3n) is 4.21. The number of rotatable bonds is 8. The molecule has 0 aliphatic rings. The highest BCUT2D eigenvalue weighted by Crippen LogP contribution is 2.24. The van der Waals surface area contributed by atoms with Crippen LogP contribution in [0, 0.1) is 13.8 Å². The van der Waals surface area contributed by atoms with Crippen molar-refractivity contribution < 1.29 is 14.3 Å². The average molecular weight is 442 g/mol. The standard InChI is InChI=1S/C22H23N3O3S2/c1-14-7-8-19(15(2)9-14)25-20(26)11-17-12-29-22(24-17)30-13-21(27)23-16-5-4-6-18(10-16)28-3/h4-10,12H,11,13H2,1-3H3,(H,23,27)(H,25,26). The van der Waals surface area contributed by atoms with E-state index < -0.39 is 0 Å². The van der Waals surface area contributed by atoms with Crippen LogP contribution >= 0.6 is 23.1 Å². The van der Waals surface area contributed by atoms with E-state index in [-0.39, 0.29) is 24.0 Å². The summed E-state index contributed by atoms with van der Waals surface area (Å²) in [4.78, 5) is 28.9. The number of amides is 2. The normalized spacial score (nSPS) is 10.5. The fourth-order valence-corrected chi connectivity index (χ4v) is 4.42. The molecule has 3 aromatic rings. The molecule has 0 aliphatic carbocycles. The van der Waals surface area contributed by atoms with Gasteiger partial charge in [0.1, 0.15) is 5.75 Å². The number of thiazole rings is 1. The van der Waals surface area contributed by atoms with Crippen LogP contribution in [0.4, 0.5) is 11.4 Å². The predicted octanol–water partition coefficient (Wildman–Crippen LogP) is 4.68. The van der Waals surface area contributed by atoms with Crippen molar-refractivity contribution in [3.05, 3.63) is 64.7 Å². The van der Waals surface area contributed by atoms with E-state index in [0.29, 0.717) is 17.1 Å². The Morgan fingerprint density at radius 2 is 1.93 bits per heavy atom. The first-order valence-corrected chi connectivity index (χ1v) is 11.2. The first-order chi connectivity index (χ1) is 14.4. The van der Waals surface area contributed by atoms with Crippen LogP contribution in [0.15, 0.2) is 52.2 Å². The zero-order chi connectivity index (χ0) is 21.5. The highest BCUT2D eigenvalue weighted by molar-refractivity contribution is 8.01. The monoisotopic (exact) mass is 441 g/mol. The summed E-state index contributed by atoms with van der Waals surface area (Å²) in [5.41, 5.74) is 4.37. The van der Waals surface area contributed by atoms with Crippen molar-refractivity contribution in [2.24, 2.45) is 0 Å². The Morgan fingerprint density at radius 1 is 1.10 bits per heavy atom. The fraction of sp³-hybridized carbons (Fsp3) is 0.227. The number of benzene rings is 2. The lowest BCUT2D eigenvalue weighted by Crippen LogP contribution is -2.15. The lowest BCUT2D eigenvalue weighted by atomic mass is 10.1. The van der Waals surface area contributed by atoms with Crippen molar-refractivity contribution in [2.75, 3.05) is 23.5 Å². The average Bonchev–Trinajstić information content (AvgIpc) is 3.16. The van der Waals surface area contributed by atoms with Gasteiger partial charge in [-0.1, -0.05) is 35.5 Å². The molecular formula is C22H23N3O3S2. The van der Waals surface area contributed by atoms with E-state index in [1.807, 2.05) is 49.6 Å². The Balaban J connectivity index is 1.48. The Kier molecular flexibility index (Phi) is 7.48. The van der Waals surface area contributed by atoms with Crippen molar-refractivity contribution >= 4 is 46.3 Å². The molecule has 2 aromatic carbocycles. The Labute approximate surface area is 184 Å². The zero-order valence-corrected chi connectivity index (χ0v) is 18.7. The largest absolute Gasteiger partial charge is 0.497 e. The van der Waals surface area contributed by atoms with Gasteiger partial charge in [0.25, 0.3) is 0 Å². The lowest BCUT2D eigenvalue weighted by Gasteiger charge is -2.08. The summed E-state index contributed by atoms with van der Waals surface area (Å²) in [7, 11) is 1.58. The molecule has 1 heterocycles. The summed E-state index contributed by atoms with van der Waals surface area (Å²) in [5, 5.41) is 7.61. The van der Waals surface area contributed by atoms with Crippen molar-refractivity contribution in [3.63, 3.8) is 0 Å². The minimum Gasteiger partial charge on any atom is -0.497 e. The maximum Gasteiger partial charge on any atom is 0.234 e.